The van der Waals surface area contributed by atoms with E-state index in [1.807, 2.05) is 47.0 Å². The molecule has 1 unspecified atom stereocenters. The summed E-state index contributed by atoms with van der Waals surface area (Å²) in [5.74, 6) is 2.83. The SMILES string of the molecule is CC(=O)N1CCN(C(C)[C@@H]2CSC(c3cc4cc(Oc5ccccc5)cc(NC5CCCC5)c4[nH]3)=N2)CC1. The van der Waals surface area contributed by atoms with Crippen LogP contribution in [0, 0.1) is 0 Å². The number of aromatic amines is 1. The molecule has 2 N–H and O–H groups in total. The molecule has 2 fully saturated rings. The lowest BCUT2D eigenvalue weighted by atomic mass is 10.1. The number of H-pyrrole nitrogens is 1. The number of aliphatic imine (C=N–C) groups is 1. The summed E-state index contributed by atoms with van der Waals surface area (Å²) in [6.07, 6.45) is 4.99. The lowest BCUT2D eigenvalue weighted by Gasteiger charge is -2.39. The van der Waals surface area contributed by atoms with Crippen molar-refractivity contribution in [3.8, 4) is 11.5 Å². The highest BCUT2D eigenvalue weighted by Gasteiger charge is 2.31. The van der Waals surface area contributed by atoms with Crippen LogP contribution < -0.4 is 10.1 Å². The molecule has 1 saturated heterocycles. The Morgan fingerprint density at radius 3 is 2.58 bits per heavy atom. The first-order chi connectivity index (χ1) is 18.5. The molecule has 3 aromatic rings. The van der Waals surface area contributed by atoms with E-state index in [-0.39, 0.29) is 11.9 Å². The highest BCUT2D eigenvalue weighted by atomic mass is 32.2. The van der Waals surface area contributed by atoms with Crippen molar-refractivity contribution in [1.29, 1.82) is 0 Å². The molecule has 0 spiro atoms. The topological polar surface area (TPSA) is 73.0 Å². The smallest absolute Gasteiger partial charge is 0.219 e. The van der Waals surface area contributed by atoms with Gasteiger partial charge in [-0.3, -0.25) is 14.7 Å². The van der Waals surface area contributed by atoms with E-state index < -0.39 is 0 Å². The summed E-state index contributed by atoms with van der Waals surface area (Å²) >= 11 is 1.84. The van der Waals surface area contributed by atoms with Gasteiger partial charge in [-0.1, -0.05) is 31.0 Å². The van der Waals surface area contributed by atoms with Crippen LogP contribution >= 0.6 is 11.8 Å². The standard InChI is InChI=1S/C30H37N5O2S/c1-20(34-12-14-35(15-13-34)21(2)36)28-19-38-30(33-28)27-17-22-16-25(37-24-10-4-3-5-11-24)18-26(29(22)32-27)31-23-8-6-7-9-23/h3-5,10-11,16-18,20,23,28,31-32H,6-9,12-15,19H2,1-2H3/t20?,28-/m0/s1. The average Bonchev–Trinajstić information content (AvgIpc) is 3.70. The molecule has 1 aromatic heterocycles. The Balaban J connectivity index is 1.24. The van der Waals surface area contributed by atoms with Crippen LogP contribution in [0.4, 0.5) is 5.69 Å². The number of carbonyl (C=O) groups is 1. The van der Waals surface area contributed by atoms with Crippen LogP contribution in [0.5, 0.6) is 11.5 Å². The molecule has 8 heteroatoms. The molecule has 7 nitrogen and oxygen atoms in total. The van der Waals surface area contributed by atoms with Crippen molar-refractivity contribution in [2.45, 2.75) is 57.7 Å². The summed E-state index contributed by atoms with van der Waals surface area (Å²) < 4.78 is 6.24. The van der Waals surface area contributed by atoms with E-state index in [2.05, 4.69) is 40.3 Å². The molecule has 3 heterocycles. The highest BCUT2D eigenvalue weighted by molar-refractivity contribution is 8.14. The van der Waals surface area contributed by atoms with E-state index in [1.54, 1.807) is 6.92 Å². The first-order valence-corrected chi connectivity index (χ1v) is 14.9. The normalized spacial score (nSPS) is 21.6. The lowest BCUT2D eigenvalue weighted by Crippen LogP contribution is -2.53. The number of rotatable bonds is 7. The van der Waals surface area contributed by atoms with Crippen molar-refractivity contribution in [2.75, 3.05) is 37.2 Å². The number of amides is 1. The van der Waals surface area contributed by atoms with Gasteiger partial charge in [0.25, 0.3) is 0 Å². The van der Waals surface area contributed by atoms with E-state index >= 15 is 0 Å². The number of anilines is 1. The predicted octanol–water partition coefficient (Wildman–Crippen LogP) is 5.73. The number of fused-ring (bicyclic) bond motifs is 1. The van der Waals surface area contributed by atoms with Gasteiger partial charge in [0.1, 0.15) is 16.5 Å². The first-order valence-electron chi connectivity index (χ1n) is 13.9. The summed E-state index contributed by atoms with van der Waals surface area (Å²) in [6.45, 7) is 7.39. The molecule has 1 amide bonds. The van der Waals surface area contributed by atoms with Gasteiger partial charge in [0.2, 0.25) is 5.91 Å². The third kappa shape index (κ3) is 5.43. The summed E-state index contributed by atoms with van der Waals surface area (Å²) in [5, 5.41) is 6.02. The minimum Gasteiger partial charge on any atom is -0.457 e. The number of benzene rings is 2. The second-order valence-electron chi connectivity index (χ2n) is 10.8. The monoisotopic (exact) mass is 531 g/mol. The fourth-order valence-electron chi connectivity index (χ4n) is 5.89. The van der Waals surface area contributed by atoms with Crippen LogP contribution in [0.2, 0.25) is 0 Å². The Morgan fingerprint density at radius 1 is 1.08 bits per heavy atom. The van der Waals surface area contributed by atoms with Gasteiger partial charge < -0.3 is 19.9 Å². The quantitative estimate of drug-likeness (QED) is 0.407. The first kappa shape index (κ1) is 25.3. The van der Waals surface area contributed by atoms with E-state index in [0.29, 0.717) is 12.1 Å². The minimum atomic E-state index is 0.173. The number of para-hydroxylation sites is 1. The number of nitrogens with one attached hydrogen (secondary N) is 2. The minimum absolute atomic E-state index is 0.173. The van der Waals surface area contributed by atoms with Crippen LogP contribution in [0.25, 0.3) is 10.9 Å². The lowest BCUT2D eigenvalue weighted by molar-refractivity contribution is -0.130. The third-order valence-corrected chi connectivity index (χ3v) is 9.30. The zero-order valence-corrected chi connectivity index (χ0v) is 23.1. The Morgan fingerprint density at radius 2 is 1.84 bits per heavy atom. The molecule has 2 atom stereocenters. The molecule has 3 aliphatic rings. The molecule has 6 rings (SSSR count). The van der Waals surface area contributed by atoms with E-state index in [4.69, 9.17) is 9.73 Å². The molecular formula is C30H37N5O2S. The average molecular weight is 532 g/mol. The molecule has 1 saturated carbocycles. The number of thioether (sulfide) groups is 1. The van der Waals surface area contributed by atoms with Crippen molar-refractivity contribution in [3.63, 3.8) is 0 Å². The summed E-state index contributed by atoms with van der Waals surface area (Å²) in [6, 6.07) is 17.5. The van der Waals surface area contributed by atoms with Crippen molar-refractivity contribution in [3.05, 3.63) is 54.2 Å². The molecule has 2 aromatic carbocycles. The number of aromatic nitrogens is 1. The van der Waals surface area contributed by atoms with Gasteiger partial charge in [-0.25, -0.2) is 0 Å². The number of ether oxygens (including phenoxy) is 1. The maximum Gasteiger partial charge on any atom is 0.219 e. The fraction of sp³-hybridized carbons (Fsp3) is 0.467. The molecule has 2 aliphatic heterocycles. The Hall–Kier alpha value is -2.97. The molecule has 200 valence electrons. The number of piperazine rings is 1. The molecule has 0 radical (unpaired) electrons. The molecule has 38 heavy (non-hydrogen) atoms. The molecule has 1 aliphatic carbocycles. The molecule has 0 bridgehead atoms. The fourth-order valence-corrected chi connectivity index (χ4v) is 7.05. The van der Waals surface area contributed by atoms with Gasteiger partial charge in [0.05, 0.1) is 22.9 Å². The second kappa shape index (κ2) is 11.0. The predicted molar refractivity (Wildman–Crippen MR) is 157 cm³/mol. The van der Waals surface area contributed by atoms with Crippen molar-refractivity contribution in [2.24, 2.45) is 4.99 Å². The Labute approximate surface area is 229 Å². The van der Waals surface area contributed by atoms with Gasteiger partial charge in [0, 0.05) is 62.4 Å². The maximum absolute atomic E-state index is 11.7. The van der Waals surface area contributed by atoms with Gasteiger partial charge in [0.15, 0.2) is 0 Å². The largest absolute Gasteiger partial charge is 0.457 e. The van der Waals surface area contributed by atoms with Gasteiger partial charge >= 0.3 is 0 Å². The van der Waals surface area contributed by atoms with Gasteiger partial charge in [-0.05, 0) is 44.0 Å². The number of carbonyl (C=O) groups excluding carboxylic acids is 1. The molecular weight excluding hydrogens is 494 g/mol. The highest BCUT2D eigenvalue weighted by Crippen LogP contribution is 2.36. The van der Waals surface area contributed by atoms with Crippen LogP contribution in [-0.2, 0) is 4.79 Å². The van der Waals surface area contributed by atoms with Crippen LogP contribution in [0.3, 0.4) is 0 Å². The van der Waals surface area contributed by atoms with Crippen LogP contribution in [-0.4, -0.2) is 75.8 Å². The number of hydrogen-bond acceptors (Lipinski definition) is 6. The van der Waals surface area contributed by atoms with Gasteiger partial charge in [-0.15, -0.1) is 11.8 Å². The maximum atomic E-state index is 11.7. The van der Waals surface area contributed by atoms with Crippen molar-refractivity contribution < 1.29 is 9.53 Å². The zero-order valence-electron chi connectivity index (χ0n) is 22.3. The van der Waals surface area contributed by atoms with E-state index in [0.717, 1.165) is 70.8 Å². The van der Waals surface area contributed by atoms with Crippen LogP contribution in [0.15, 0.2) is 53.5 Å². The summed E-state index contributed by atoms with van der Waals surface area (Å²) in [7, 11) is 0. The van der Waals surface area contributed by atoms with Crippen molar-refractivity contribution in [1.82, 2.24) is 14.8 Å². The number of hydrogen-bond donors (Lipinski definition) is 2. The second-order valence-corrected chi connectivity index (χ2v) is 11.8. The Bertz CT molecular complexity index is 1310. The van der Waals surface area contributed by atoms with Crippen LogP contribution in [0.1, 0.15) is 45.2 Å². The van der Waals surface area contributed by atoms with E-state index in [9.17, 15) is 4.79 Å². The van der Waals surface area contributed by atoms with E-state index in [1.165, 1.54) is 25.7 Å². The van der Waals surface area contributed by atoms with Crippen molar-refractivity contribution >= 4 is 39.3 Å². The van der Waals surface area contributed by atoms with Gasteiger partial charge in [-0.2, -0.15) is 0 Å². The summed E-state index contributed by atoms with van der Waals surface area (Å²) in [4.78, 5) is 25.0. The number of nitrogens with zero attached hydrogens (tertiary/aromatic N) is 3. The zero-order chi connectivity index (χ0) is 26.1. The Kier molecular flexibility index (Phi) is 7.34. The third-order valence-electron chi connectivity index (χ3n) is 8.19. The summed E-state index contributed by atoms with van der Waals surface area (Å²) in [5.41, 5.74) is 3.29.